The summed E-state index contributed by atoms with van der Waals surface area (Å²) in [6.07, 6.45) is 4.56. The van der Waals surface area contributed by atoms with Crippen LogP contribution in [0.4, 0.5) is 4.39 Å². The van der Waals surface area contributed by atoms with Crippen molar-refractivity contribution in [2.75, 3.05) is 13.1 Å². The molecule has 2 aliphatic carbocycles. The number of halogens is 2. The number of aryl methyl sites for hydroxylation is 1. The van der Waals surface area contributed by atoms with Crippen molar-refractivity contribution in [1.29, 1.82) is 0 Å². The number of rotatable bonds is 8. The molecule has 9 heteroatoms. The van der Waals surface area contributed by atoms with Gasteiger partial charge in [-0.25, -0.2) is 17.5 Å². The Morgan fingerprint density at radius 2 is 1.84 bits per heavy atom. The number of benzene rings is 2. The zero-order valence-corrected chi connectivity index (χ0v) is 23.1. The third-order valence-electron chi connectivity index (χ3n) is 7.77. The van der Waals surface area contributed by atoms with E-state index in [9.17, 15) is 13.2 Å². The molecule has 2 saturated carbocycles. The van der Waals surface area contributed by atoms with Crippen LogP contribution in [-0.2, 0) is 15.6 Å². The van der Waals surface area contributed by atoms with E-state index in [1.807, 2.05) is 23.8 Å². The molecule has 200 valence electrons. The number of hydrogen-bond acceptors (Lipinski definition) is 5. The maximum Gasteiger partial charge on any atom is 0.267 e. The number of nitrogens with zero attached hydrogens (tertiary/aromatic N) is 1. The summed E-state index contributed by atoms with van der Waals surface area (Å²) in [4.78, 5) is 15.0. The van der Waals surface area contributed by atoms with Crippen molar-refractivity contribution < 1.29 is 22.3 Å². The number of carbonyl (C=O) groups excluding carboxylic acids is 1. The molecule has 0 bridgehead atoms. The minimum atomic E-state index is -3.76. The fourth-order valence-corrected chi connectivity index (χ4v) is 6.78. The van der Waals surface area contributed by atoms with Crippen LogP contribution in [0.1, 0.15) is 85.3 Å². The number of ether oxygens (including phenoxy) is 1. The summed E-state index contributed by atoms with van der Waals surface area (Å²) in [5.74, 6) is -1.05. The predicted octanol–water partition coefficient (Wildman–Crippen LogP) is 5.67. The number of amides is 1. The second-order valence-corrected chi connectivity index (χ2v) is 13.6. The first-order valence-electron chi connectivity index (χ1n) is 13.0. The third-order valence-corrected chi connectivity index (χ3v) is 9.81. The van der Waals surface area contributed by atoms with Gasteiger partial charge in [-0.1, -0.05) is 17.7 Å². The smallest absolute Gasteiger partial charge is 0.267 e. The molecule has 37 heavy (non-hydrogen) atoms. The van der Waals surface area contributed by atoms with E-state index in [1.165, 1.54) is 12.1 Å². The molecule has 1 saturated heterocycles. The molecule has 0 unspecified atom stereocenters. The minimum Gasteiger partial charge on any atom is -0.489 e. The van der Waals surface area contributed by atoms with Gasteiger partial charge in [0.15, 0.2) is 0 Å². The molecule has 3 fully saturated rings. The van der Waals surface area contributed by atoms with Crippen LogP contribution < -0.4 is 9.46 Å². The van der Waals surface area contributed by atoms with Crippen molar-refractivity contribution in [3.05, 3.63) is 63.4 Å². The molecule has 6 nitrogen and oxygen atoms in total. The van der Waals surface area contributed by atoms with Crippen LogP contribution in [0, 0.1) is 12.7 Å². The summed E-state index contributed by atoms with van der Waals surface area (Å²) < 4.78 is 48.0. The van der Waals surface area contributed by atoms with Gasteiger partial charge < -0.3 is 4.74 Å². The molecule has 5 rings (SSSR count). The van der Waals surface area contributed by atoms with E-state index < -0.39 is 27.0 Å². The van der Waals surface area contributed by atoms with Gasteiger partial charge in [-0.3, -0.25) is 9.69 Å². The number of sulfonamides is 1. The van der Waals surface area contributed by atoms with Gasteiger partial charge in [-0.2, -0.15) is 0 Å². The Morgan fingerprint density at radius 3 is 2.49 bits per heavy atom. The average molecular weight is 549 g/mol. The Bertz CT molecular complexity index is 1300. The van der Waals surface area contributed by atoms with Crippen molar-refractivity contribution in [2.24, 2.45) is 0 Å². The SMILES string of the molecule is Cc1cc(Cl)cc(C(C)(C)N2CCC[C@@H](Oc3cc(F)c(C(=O)NS(=O)(=O)C4CC4)cc3C3CC3)C2)c1. The quantitative estimate of drug-likeness (QED) is 0.460. The van der Waals surface area contributed by atoms with E-state index in [1.54, 1.807) is 0 Å². The Kier molecular flexibility index (Phi) is 7.05. The molecule has 0 spiro atoms. The number of likely N-dealkylation sites (tertiary alicyclic amines) is 1. The highest BCUT2D eigenvalue weighted by atomic mass is 35.5. The van der Waals surface area contributed by atoms with E-state index in [0.29, 0.717) is 30.2 Å². The standard InChI is InChI=1S/C28H34ClFN2O4S/c1-17-11-19(13-20(29)12-17)28(2,3)32-10-4-5-21(16-32)36-26-15-25(30)24(14-23(26)18-6-7-18)27(33)31-37(34,35)22-8-9-22/h11-15,18,21-22H,4-10,16H2,1-3H3,(H,31,33)/t21-/m1/s1. The largest absolute Gasteiger partial charge is 0.489 e. The molecule has 1 aliphatic heterocycles. The highest BCUT2D eigenvalue weighted by Crippen LogP contribution is 2.46. The lowest BCUT2D eigenvalue weighted by Crippen LogP contribution is -2.50. The number of piperidine rings is 1. The molecule has 0 aromatic heterocycles. The molecular formula is C28H34ClFN2O4S. The fraction of sp³-hybridized carbons (Fsp3) is 0.536. The van der Waals surface area contributed by atoms with Crippen LogP contribution in [0.5, 0.6) is 5.75 Å². The molecular weight excluding hydrogens is 515 g/mol. The first-order valence-corrected chi connectivity index (χ1v) is 15.0. The minimum absolute atomic E-state index is 0.139. The van der Waals surface area contributed by atoms with Crippen LogP contribution in [0.25, 0.3) is 0 Å². The number of hydrogen-bond donors (Lipinski definition) is 1. The lowest BCUT2D eigenvalue weighted by molar-refractivity contribution is 0.0243. The summed E-state index contributed by atoms with van der Waals surface area (Å²) in [5.41, 5.74) is 2.51. The predicted molar refractivity (Wildman–Crippen MR) is 142 cm³/mol. The van der Waals surface area contributed by atoms with Crippen LogP contribution in [0.2, 0.25) is 5.02 Å². The second-order valence-electron chi connectivity index (χ2n) is 11.2. The van der Waals surface area contributed by atoms with Crippen molar-refractivity contribution in [2.45, 2.75) is 82.1 Å². The highest BCUT2D eigenvalue weighted by molar-refractivity contribution is 7.91. The van der Waals surface area contributed by atoms with Gasteiger partial charge in [0, 0.05) is 23.2 Å². The average Bonchev–Trinajstić information content (AvgIpc) is 3.71. The topological polar surface area (TPSA) is 75.7 Å². The summed E-state index contributed by atoms with van der Waals surface area (Å²) in [5, 5.41) is 0.158. The van der Waals surface area contributed by atoms with E-state index >= 15 is 4.39 Å². The summed E-state index contributed by atoms with van der Waals surface area (Å²) in [7, 11) is -3.76. The van der Waals surface area contributed by atoms with E-state index in [-0.39, 0.29) is 23.1 Å². The van der Waals surface area contributed by atoms with Crippen LogP contribution in [-0.4, -0.2) is 43.7 Å². The lowest BCUT2D eigenvalue weighted by atomic mass is 9.89. The zero-order chi connectivity index (χ0) is 26.5. The Hall–Kier alpha value is -2.16. The Morgan fingerprint density at radius 1 is 1.11 bits per heavy atom. The van der Waals surface area contributed by atoms with Gasteiger partial charge in [-0.15, -0.1) is 0 Å². The van der Waals surface area contributed by atoms with Crippen molar-refractivity contribution >= 4 is 27.5 Å². The summed E-state index contributed by atoms with van der Waals surface area (Å²) in [6, 6.07) is 8.86. The van der Waals surface area contributed by atoms with Crippen molar-refractivity contribution in [3.63, 3.8) is 0 Å². The maximum atomic E-state index is 15.1. The maximum absolute atomic E-state index is 15.1. The van der Waals surface area contributed by atoms with Gasteiger partial charge in [0.05, 0.1) is 10.8 Å². The first kappa shape index (κ1) is 26.4. The van der Waals surface area contributed by atoms with Gasteiger partial charge in [0.2, 0.25) is 10.0 Å². The van der Waals surface area contributed by atoms with Crippen LogP contribution in [0.15, 0.2) is 30.3 Å². The van der Waals surface area contributed by atoms with Crippen molar-refractivity contribution in [3.8, 4) is 5.75 Å². The zero-order valence-electron chi connectivity index (χ0n) is 21.5. The van der Waals surface area contributed by atoms with Gasteiger partial charge >= 0.3 is 0 Å². The summed E-state index contributed by atoms with van der Waals surface area (Å²) >= 11 is 6.35. The van der Waals surface area contributed by atoms with Crippen molar-refractivity contribution in [1.82, 2.24) is 9.62 Å². The molecule has 1 atom stereocenters. The number of carbonyl (C=O) groups is 1. The van der Waals surface area contributed by atoms with Gasteiger partial charge in [-0.05, 0) is 107 Å². The molecule has 1 N–H and O–H groups in total. The van der Waals surface area contributed by atoms with Crippen LogP contribution in [0.3, 0.4) is 0 Å². The third kappa shape index (κ3) is 5.81. The highest BCUT2D eigenvalue weighted by Gasteiger charge is 2.38. The Balaban J connectivity index is 1.35. The molecule has 0 radical (unpaired) electrons. The van der Waals surface area contributed by atoms with E-state index in [0.717, 1.165) is 48.9 Å². The monoisotopic (exact) mass is 548 g/mol. The first-order chi connectivity index (χ1) is 17.4. The fourth-order valence-electron chi connectivity index (χ4n) is 5.20. The summed E-state index contributed by atoms with van der Waals surface area (Å²) in [6.45, 7) is 7.98. The number of nitrogens with one attached hydrogen (secondary N) is 1. The Labute approximate surface area is 223 Å². The molecule has 2 aromatic carbocycles. The van der Waals surface area contributed by atoms with Crippen LogP contribution >= 0.6 is 11.6 Å². The molecule has 2 aromatic rings. The normalized spacial score (nSPS) is 21.1. The lowest BCUT2D eigenvalue weighted by Gasteiger charge is -2.44. The second kappa shape index (κ2) is 9.86. The van der Waals surface area contributed by atoms with E-state index in [4.69, 9.17) is 16.3 Å². The van der Waals surface area contributed by atoms with E-state index in [2.05, 4.69) is 24.8 Å². The van der Waals surface area contributed by atoms with Gasteiger partial charge in [0.25, 0.3) is 5.91 Å². The molecule has 1 amide bonds. The van der Waals surface area contributed by atoms with Gasteiger partial charge in [0.1, 0.15) is 17.7 Å². The molecule has 1 heterocycles. The molecule has 3 aliphatic rings.